The lowest BCUT2D eigenvalue weighted by molar-refractivity contribution is -0.142. The number of aliphatic carboxylic acids is 5. The third kappa shape index (κ3) is 29.8. The van der Waals surface area contributed by atoms with Crippen LogP contribution in [-0.2, 0) is 89.6 Å². The SMILES string of the molecule is CC(C)[C@@H]1NC(=O)[C@H](CCC(=O)O)NC(=O)[C@@H](NC(=O)[C@@H](N)Cc2ccccc2)CSSC[C@@H](C(=O)N[C@@H](Cc2ccc(O)cc2)C(=O)O)NC(=O)[C@H](CCC(=O)O)NC(=O)[C@H](CCCCN)NC(=O)[C@H](CCC(N)=O)NC(=O)[C@H](CC(=O)O)NC(=O)[C@H](CCC(=O)O)NC1=O. The van der Waals surface area contributed by atoms with Crippen LogP contribution in [0.3, 0.4) is 0 Å². The normalized spacial score (nSPS) is 22.3. The molecule has 22 N–H and O–H groups in total. The van der Waals surface area contributed by atoms with Gasteiger partial charge in [0.2, 0.25) is 65.0 Å². The monoisotopic (exact) mass is 1390 g/mol. The van der Waals surface area contributed by atoms with Gasteiger partial charge in [-0.3, -0.25) is 71.9 Å². The van der Waals surface area contributed by atoms with Gasteiger partial charge in [0.1, 0.15) is 66.2 Å². The van der Waals surface area contributed by atoms with Crippen LogP contribution < -0.4 is 70.4 Å². The van der Waals surface area contributed by atoms with Crippen LogP contribution in [0.15, 0.2) is 54.6 Å². The minimum atomic E-state index is -2.18. The van der Waals surface area contributed by atoms with Crippen LogP contribution in [-0.4, -0.2) is 210 Å². The molecule has 2 aromatic carbocycles. The summed E-state index contributed by atoms with van der Waals surface area (Å²) in [6.45, 7) is 2.85. The fourth-order valence-corrected chi connectivity index (χ4v) is 11.5. The Morgan fingerprint density at radius 3 is 1.44 bits per heavy atom. The molecular weight excluding hydrogens is 1310 g/mol. The van der Waals surface area contributed by atoms with Gasteiger partial charge >= 0.3 is 29.8 Å². The van der Waals surface area contributed by atoms with E-state index in [1.165, 1.54) is 38.1 Å². The van der Waals surface area contributed by atoms with Crippen LogP contribution >= 0.6 is 21.6 Å². The number of phenols is 1. The molecule has 0 bridgehead atoms. The maximum Gasteiger partial charge on any atom is 0.326 e. The van der Waals surface area contributed by atoms with Crippen LogP contribution in [0.1, 0.15) is 102 Å². The number of benzene rings is 2. The first kappa shape index (κ1) is 80.6. The van der Waals surface area contributed by atoms with Gasteiger partial charge in [-0.05, 0) is 87.1 Å². The van der Waals surface area contributed by atoms with Crippen molar-refractivity contribution in [1.82, 2.24) is 53.2 Å². The van der Waals surface area contributed by atoms with Gasteiger partial charge in [-0.1, -0.05) is 77.9 Å². The Labute approximate surface area is 557 Å². The molecule has 0 aliphatic carbocycles. The molecule has 96 heavy (non-hydrogen) atoms. The molecule has 0 radical (unpaired) electrons. The minimum absolute atomic E-state index is 0.0491. The standard InChI is InChI=1S/C59H83N13O22S2/c1-29(2)48-58(92)67-37(17-21-45(77)78)52(86)68-39(26-47(81)82)55(89)65-35(15-19-43(62)74)51(85)63-34(10-6-7-23-60)50(84)64-36(16-20-44(75)76)53(87)71-42(57(91)69-40(59(93)94)25-31-11-13-32(73)14-12-31)28-96-95-27-41(56(90)66-38(54(88)72-48)18-22-46(79)80)70-49(83)33(61)24-30-8-4-3-5-9-30/h3-5,8-9,11-14,29,33-42,48,73H,6-7,10,15-28,60-61H2,1-2H3,(H2,62,74)(H,63,85)(H,64,84)(H,65,89)(H,66,90)(H,67,92)(H,68,86)(H,69,91)(H,70,83)(H,71,87)(H,72,88)(H,75,76)(H,77,78)(H,79,80)(H,81,82)(H,93,94)/t33-,34-,35-,36-,37-,38-,39-,40-,41-,42-,48-/m0/s1. The molecule has 1 heterocycles. The number of unbranched alkanes of at least 4 members (excludes halogenated alkanes) is 1. The van der Waals surface area contributed by atoms with Crippen molar-refractivity contribution in [3.63, 3.8) is 0 Å². The molecule has 3 rings (SSSR count). The Morgan fingerprint density at radius 2 is 0.958 bits per heavy atom. The summed E-state index contributed by atoms with van der Waals surface area (Å²) in [5, 5.41) is 82.5. The molecule has 2 aromatic rings. The second kappa shape index (κ2) is 41.3. The number of rotatable bonds is 28. The van der Waals surface area contributed by atoms with E-state index < -0.39 is 236 Å². The summed E-state index contributed by atoms with van der Waals surface area (Å²) < 4.78 is 0. The number of carboxylic acid groups (broad SMARTS) is 5. The summed E-state index contributed by atoms with van der Waals surface area (Å²) in [4.78, 5) is 216. The van der Waals surface area contributed by atoms with Crippen LogP contribution in [0.4, 0.5) is 0 Å². The number of phenolic OH excluding ortho intramolecular Hbond substituents is 1. The van der Waals surface area contributed by atoms with Gasteiger partial charge < -0.3 is 101 Å². The number of carbonyl (C=O) groups excluding carboxylic acids is 11. The van der Waals surface area contributed by atoms with Crippen molar-refractivity contribution in [2.45, 2.75) is 170 Å². The average molecular weight is 1390 g/mol. The quantitative estimate of drug-likeness (QED) is 0.0285. The molecule has 11 amide bonds. The van der Waals surface area contributed by atoms with E-state index in [0.717, 1.165) is 21.6 Å². The van der Waals surface area contributed by atoms with E-state index in [-0.39, 0.29) is 44.4 Å². The summed E-state index contributed by atoms with van der Waals surface area (Å²) in [6, 6.07) is -6.22. The number of amides is 11. The molecular formula is C59H83N13O22S2. The zero-order valence-corrected chi connectivity index (χ0v) is 54.0. The highest BCUT2D eigenvalue weighted by molar-refractivity contribution is 8.76. The number of primary amides is 1. The Kier molecular flexibility index (Phi) is 34.6. The first-order valence-corrected chi connectivity index (χ1v) is 32.7. The van der Waals surface area contributed by atoms with Gasteiger partial charge in [0.15, 0.2) is 0 Å². The fraction of sp³-hybridized carbons (Fsp3) is 0.525. The molecule has 35 nitrogen and oxygen atoms in total. The second-order valence-electron chi connectivity index (χ2n) is 22.5. The molecule has 1 aliphatic heterocycles. The minimum Gasteiger partial charge on any atom is -0.508 e. The highest BCUT2D eigenvalue weighted by Crippen LogP contribution is 2.24. The number of carbonyl (C=O) groups is 16. The van der Waals surface area contributed by atoms with E-state index in [4.69, 9.17) is 17.2 Å². The molecule has 11 atom stereocenters. The summed E-state index contributed by atoms with van der Waals surface area (Å²) in [5.74, 6) is -23.2. The Morgan fingerprint density at radius 1 is 0.521 bits per heavy atom. The molecule has 1 aliphatic rings. The molecule has 0 saturated carbocycles. The number of nitrogens with one attached hydrogen (secondary N) is 10. The van der Waals surface area contributed by atoms with Crippen molar-refractivity contribution >= 4 is 116 Å². The van der Waals surface area contributed by atoms with Crippen molar-refractivity contribution in [1.29, 1.82) is 0 Å². The van der Waals surface area contributed by atoms with Gasteiger partial charge in [-0.25, -0.2) is 4.79 Å². The first-order valence-electron chi connectivity index (χ1n) is 30.2. The molecule has 1 fully saturated rings. The highest BCUT2D eigenvalue weighted by atomic mass is 33.1. The number of carboxylic acids is 5. The number of aromatic hydroxyl groups is 1. The summed E-state index contributed by atoms with van der Waals surface area (Å²) in [5.41, 5.74) is 18.3. The van der Waals surface area contributed by atoms with Gasteiger partial charge in [0.25, 0.3) is 0 Å². The van der Waals surface area contributed by atoms with Crippen molar-refractivity contribution in [3.05, 3.63) is 65.7 Å². The molecule has 528 valence electrons. The predicted octanol–water partition coefficient (Wildman–Crippen LogP) is -4.05. The Hall–Kier alpha value is -9.62. The van der Waals surface area contributed by atoms with E-state index in [0.29, 0.717) is 11.1 Å². The lowest BCUT2D eigenvalue weighted by atomic mass is 10.0. The zero-order valence-electron chi connectivity index (χ0n) is 52.4. The number of hydrogen-bond acceptors (Lipinski definition) is 21. The van der Waals surface area contributed by atoms with Crippen LogP contribution in [0.5, 0.6) is 5.75 Å². The fourth-order valence-electron chi connectivity index (χ4n) is 9.17. The third-order valence-corrected chi connectivity index (χ3v) is 16.9. The predicted molar refractivity (Wildman–Crippen MR) is 341 cm³/mol. The smallest absolute Gasteiger partial charge is 0.326 e. The van der Waals surface area contributed by atoms with E-state index in [2.05, 4.69) is 53.2 Å². The highest BCUT2D eigenvalue weighted by Gasteiger charge is 2.38. The lowest BCUT2D eigenvalue weighted by Crippen LogP contribution is -2.61. The van der Waals surface area contributed by atoms with Gasteiger partial charge in [0, 0.05) is 43.6 Å². The Balaban J connectivity index is 2.34. The van der Waals surface area contributed by atoms with E-state index >= 15 is 0 Å². The van der Waals surface area contributed by atoms with Crippen LogP contribution in [0.2, 0.25) is 0 Å². The number of hydrogen-bond donors (Lipinski definition) is 19. The van der Waals surface area contributed by atoms with E-state index in [9.17, 15) is 107 Å². The molecule has 0 unspecified atom stereocenters. The molecule has 1 saturated heterocycles. The number of nitrogens with two attached hydrogens (primary N) is 3. The average Bonchev–Trinajstić information content (AvgIpc) is 0.910. The maximum atomic E-state index is 14.5. The first-order chi connectivity index (χ1) is 45.3. The topological polar surface area (TPSA) is 593 Å². The van der Waals surface area contributed by atoms with Crippen LogP contribution in [0, 0.1) is 5.92 Å². The van der Waals surface area contributed by atoms with Crippen molar-refractivity contribution in [3.8, 4) is 5.75 Å². The maximum absolute atomic E-state index is 14.5. The van der Waals surface area contributed by atoms with Crippen LogP contribution in [0.25, 0.3) is 0 Å². The third-order valence-electron chi connectivity index (χ3n) is 14.4. The lowest BCUT2D eigenvalue weighted by Gasteiger charge is -2.29. The largest absolute Gasteiger partial charge is 0.508 e. The molecule has 0 aromatic heterocycles. The van der Waals surface area contributed by atoms with Crippen molar-refractivity contribution < 1.29 is 107 Å². The summed E-state index contributed by atoms with van der Waals surface area (Å²) in [6.07, 6.45) is -7.68. The molecule has 37 heteroatoms. The van der Waals surface area contributed by atoms with Crippen molar-refractivity contribution in [2.24, 2.45) is 23.1 Å². The summed E-state index contributed by atoms with van der Waals surface area (Å²) in [7, 11) is 1.46. The van der Waals surface area contributed by atoms with Gasteiger partial charge in [-0.2, -0.15) is 0 Å². The van der Waals surface area contributed by atoms with Gasteiger partial charge in [0.05, 0.1) is 12.5 Å². The molecule has 0 spiro atoms. The van der Waals surface area contributed by atoms with Gasteiger partial charge in [-0.15, -0.1) is 0 Å². The van der Waals surface area contributed by atoms with E-state index in [1.807, 2.05) is 0 Å². The van der Waals surface area contributed by atoms with E-state index in [1.54, 1.807) is 30.3 Å². The Bertz CT molecular complexity index is 3090. The summed E-state index contributed by atoms with van der Waals surface area (Å²) >= 11 is 0. The zero-order chi connectivity index (χ0) is 71.8. The van der Waals surface area contributed by atoms with Crippen molar-refractivity contribution in [2.75, 3.05) is 18.1 Å². The second-order valence-corrected chi connectivity index (χ2v) is 25.1.